The molecule has 18 heavy (non-hydrogen) atoms. The van der Waals surface area contributed by atoms with Gasteiger partial charge in [0.2, 0.25) is 0 Å². The minimum atomic E-state index is 0.101. The second-order valence-corrected chi connectivity index (χ2v) is 4.70. The minimum Gasteiger partial charge on any atom is -0.488 e. The van der Waals surface area contributed by atoms with E-state index < -0.39 is 0 Å². The first-order chi connectivity index (χ1) is 8.72. The first-order valence-electron chi connectivity index (χ1n) is 6.13. The number of nitrogens with zero attached hydrogens (tertiary/aromatic N) is 1. The van der Waals surface area contributed by atoms with E-state index >= 15 is 0 Å². The predicted octanol–water partition coefficient (Wildman–Crippen LogP) is 2.69. The maximum atomic E-state index is 11.2. The van der Waals surface area contributed by atoms with Crippen molar-refractivity contribution in [3.8, 4) is 5.75 Å². The van der Waals surface area contributed by atoms with Crippen molar-refractivity contribution in [1.82, 2.24) is 4.57 Å². The lowest BCUT2D eigenvalue weighted by Crippen LogP contribution is -2.19. The molecule has 0 N–H and O–H groups in total. The smallest absolute Gasteiger partial charge is 0.161 e. The van der Waals surface area contributed by atoms with E-state index in [4.69, 9.17) is 4.74 Å². The monoisotopic (exact) mass is 241 g/mol. The van der Waals surface area contributed by atoms with Crippen LogP contribution in [0.4, 0.5) is 0 Å². The van der Waals surface area contributed by atoms with E-state index in [1.165, 1.54) is 5.56 Å². The Labute approximate surface area is 106 Å². The Morgan fingerprint density at radius 2 is 2.22 bits per heavy atom. The summed E-state index contributed by atoms with van der Waals surface area (Å²) in [6.45, 7) is 2.36. The highest BCUT2D eigenvalue weighted by atomic mass is 16.5. The van der Waals surface area contributed by atoms with Crippen molar-refractivity contribution in [2.45, 2.75) is 26.0 Å². The van der Waals surface area contributed by atoms with Crippen LogP contribution in [0, 0.1) is 0 Å². The molecule has 0 radical (unpaired) electrons. The molecule has 0 saturated heterocycles. The molecule has 2 aromatic rings. The van der Waals surface area contributed by atoms with Crippen LogP contribution in [0.2, 0.25) is 0 Å². The average Bonchev–Trinajstić information content (AvgIpc) is 2.94. The lowest BCUT2D eigenvalue weighted by molar-refractivity contribution is 0.101. The third-order valence-electron chi connectivity index (χ3n) is 3.29. The van der Waals surface area contributed by atoms with E-state index in [-0.39, 0.29) is 11.9 Å². The van der Waals surface area contributed by atoms with Crippen LogP contribution in [0.1, 0.15) is 22.8 Å². The lowest BCUT2D eigenvalue weighted by Gasteiger charge is -2.11. The van der Waals surface area contributed by atoms with E-state index in [0.29, 0.717) is 0 Å². The summed E-state index contributed by atoms with van der Waals surface area (Å²) in [5, 5.41) is 0. The quantitative estimate of drug-likeness (QED) is 0.774. The second kappa shape index (κ2) is 4.33. The van der Waals surface area contributed by atoms with Gasteiger partial charge in [-0.2, -0.15) is 0 Å². The molecule has 1 aliphatic rings. The number of Topliss-reactive ketones (excluding diaryl/α,β-unsaturated/α-hetero) is 1. The standard InChI is InChI=1S/C15H15NO2/c1-11(17)13-6-7-16(9-13)10-14-8-12-4-2-3-5-15(12)18-14/h2-7,9,14H,8,10H2,1H3. The molecule has 1 aromatic heterocycles. The van der Waals surface area contributed by atoms with E-state index in [0.717, 1.165) is 24.3 Å². The van der Waals surface area contributed by atoms with Crippen molar-refractivity contribution in [1.29, 1.82) is 0 Å². The molecule has 2 heterocycles. The first kappa shape index (κ1) is 11.1. The number of aromatic nitrogens is 1. The molecule has 0 spiro atoms. The molecule has 0 aliphatic carbocycles. The first-order valence-corrected chi connectivity index (χ1v) is 6.13. The molecule has 1 aromatic carbocycles. The van der Waals surface area contributed by atoms with Gasteiger partial charge in [0.25, 0.3) is 0 Å². The normalized spacial score (nSPS) is 17.3. The van der Waals surface area contributed by atoms with Gasteiger partial charge in [0.15, 0.2) is 5.78 Å². The van der Waals surface area contributed by atoms with E-state index in [1.807, 2.05) is 41.2 Å². The summed E-state index contributed by atoms with van der Waals surface area (Å²) in [5.41, 5.74) is 2.02. The summed E-state index contributed by atoms with van der Waals surface area (Å²) >= 11 is 0. The van der Waals surface area contributed by atoms with Crippen LogP contribution in [0.5, 0.6) is 5.75 Å². The van der Waals surface area contributed by atoms with Gasteiger partial charge in [0, 0.05) is 24.4 Å². The van der Waals surface area contributed by atoms with Crippen molar-refractivity contribution >= 4 is 5.78 Å². The summed E-state index contributed by atoms with van der Waals surface area (Å²) in [7, 11) is 0. The molecule has 0 fully saturated rings. The highest BCUT2D eigenvalue weighted by molar-refractivity contribution is 5.93. The van der Waals surface area contributed by atoms with Crippen LogP contribution >= 0.6 is 0 Å². The van der Waals surface area contributed by atoms with Crippen molar-refractivity contribution in [2.24, 2.45) is 0 Å². The van der Waals surface area contributed by atoms with E-state index in [1.54, 1.807) is 6.92 Å². The van der Waals surface area contributed by atoms with Gasteiger partial charge >= 0.3 is 0 Å². The third-order valence-corrected chi connectivity index (χ3v) is 3.29. The number of benzene rings is 1. The van der Waals surface area contributed by atoms with Gasteiger partial charge in [-0.25, -0.2) is 0 Å². The van der Waals surface area contributed by atoms with Crippen molar-refractivity contribution in [3.05, 3.63) is 53.9 Å². The fourth-order valence-electron chi connectivity index (χ4n) is 2.35. The van der Waals surface area contributed by atoms with Crippen molar-refractivity contribution < 1.29 is 9.53 Å². The molecule has 0 bridgehead atoms. The van der Waals surface area contributed by atoms with Crippen molar-refractivity contribution in [3.63, 3.8) is 0 Å². The average molecular weight is 241 g/mol. The number of hydrogen-bond acceptors (Lipinski definition) is 2. The highest BCUT2D eigenvalue weighted by Crippen LogP contribution is 2.28. The van der Waals surface area contributed by atoms with Crippen LogP contribution in [-0.2, 0) is 13.0 Å². The molecule has 0 saturated carbocycles. The van der Waals surface area contributed by atoms with Gasteiger partial charge in [0.05, 0.1) is 6.54 Å². The van der Waals surface area contributed by atoms with Crippen LogP contribution in [0.15, 0.2) is 42.7 Å². The maximum absolute atomic E-state index is 11.2. The number of para-hydroxylation sites is 1. The second-order valence-electron chi connectivity index (χ2n) is 4.70. The number of carbonyl (C=O) groups is 1. The molecule has 0 amide bonds. The van der Waals surface area contributed by atoms with E-state index in [9.17, 15) is 4.79 Å². The van der Waals surface area contributed by atoms with Crippen molar-refractivity contribution in [2.75, 3.05) is 0 Å². The molecule has 92 valence electrons. The van der Waals surface area contributed by atoms with Crippen LogP contribution in [0.25, 0.3) is 0 Å². The molecular formula is C15H15NO2. The molecular weight excluding hydrogens is 226 g/mol. The topological polar surface area (TPSA) is 31.2 Å². The van der Waals surface area contributed by atoms with Gasteiger partial charge in [-0.15, -0.1) is 0 Å². The Morgan fingerprint density at radius 3 is 2.94 bits per heavy atom. The Morgan fingerprint density at radius 1 is 1.39 bits per heavy atom. The molecule has 1 unspecified atom stereocenters. The molecule has 3 nitrogen and oxygen atoms in total. The maximum Gasteiger partial charge on any atom is 0.161 e. The fourth-order valence-corrected chi connectivity index (χ4v) is 2.35. The van der Waals surface area contributed by atoms with Crippen LogP contribution < -0.4 is 4.74 Å². The summed E-state index contributed by atoms with van der Waals surface area (Å²) in [6, 6.07) is 9.99. The van der Waals surface area contributed by atoms with Crippen LogP contribution in [0.3, 0.4) is 0 Å². The summed E-state index contributed by atoms with van der Waals surface area (Å²) in [6.07, 6.45) is 4.91. The van der Waals surface area contributed by atoms with E-state index in [2.05, 4.69) is 6.07 Å². The highest BCUT2D eigenvalue weighted by Gasteiger charge is 2.22. The SMILES string of the molecule is CC(=O)c1ccn(CC2Cc3ccccc3O2)c1. The number of ketones is 1. The van der Waals surface area contributed by atoms with Gasteiger partial charge in [0.1, 0.15) is 11.9 Å². The number of ether oxygens (including phenoxy) is 1. The zero-order valence-corrected chi connectivity index (χ0v) is 10.3. The molecule has 1 atom stereocenters. The Balaban J connectivity index is 1.70. The summed E-state index contributed by atoms with van der Waals surface area (Å²) in [4.78, 5) is 11.2. The van der Waals surface area contributed by atoms with Gasteiger partial charge < -0.3 is 9.30 Å². The van der Waals surface area contributed by atoms with Crippen LogP contribution in [-0.4, -0.2) is 16.5 Å². The van der Waals surface area contributed by atoms with Gasteiger partial charge in [-0.05, 0) is 24.6 Å². The predicted molar refractivity (Wildman–Crippen MR) is 69.0 cm³/mol. The zero-order chi connectivity index (χ0) is 12.5. The molecule has 1 aliphatic heterocycles. The zero-order valence-electron chi connectivity index (χ0n) is 10.3. The fraction of sp³-hybridized carbons (Fsp3) is 0.267. The lowest BCUT2D eigenvalue weighted by atomic mass is 10.1. The summed E-state index contributed by atoms with van der Waals surface area (Å²) < 4.78 is 7.90. The summed E-state index contributed by atoms with van der Waals surface area (Å²) in [5.74, 6) is 1.09. The Bertz CT molecular complexity index is 561. The number of rotatable bonds is 3. The van der Waals surface area contributed by atoms with Gasteiger partial charge in [-0.1, -0.05) is 18.2 Å². The largest absolute Gasteiger partial charge is 0.488 e. The number of carbonyl (C=O) groups excluding carboxylic acids is 1. The van der Waals surface area contributed by atoms with Gasteiger partial charge in [-0.3, -0.25) is 4.79 Å². The number of hydrogen-bond donors (Lipinski definition) is 0. The number of fused-ring (bicyclic) bond motifs is 1. The Hall–Kier alpha value is -2.03. The third kappa shape index (κ3) is 2.04. The molecule has 3 rings (SSSR count). The molecule has 3 heteroatoms. The minimum absolute atomic E-state index is 0.101. The Kier molecular flexibility index (Phi) is 2.67.